The smallest absolute Gasteiger partial charge is 0.225 e. The molecule has 8 heteroatoms. The van der Waals surface area contributed by atoms with E-state index >= 15 is 0 Å². The first-order valence-electron chi connectivity index (χ1n) is 11.6. The predicted octanol–water partition coefficient (Wildman–Crippen LogP) is 0.815. The summed E-state index contributed by atoms with van der Waals surface area (Å²) in [5.41, 5.74) is 1.16. The maximum Gasteiger partial charge on any atom is 0.225 e. The number of amides is 2. The fourth-order valence-corrected chi connectivity index (χ4v) is 5.39. The van der Waals surface area contributed by atoms with Crippen molar-refractivity contribution in [2.24, 2.45) is 11.8 Å². The SMILES string of the molecule is O=C(C[C@@H]1CN(Cc2cccnc2)[C@@H]2CO[C@@H](CC(=O)N3CCOCC3)[C@H]12)NC1CC1. The Morgan fingerprint density at radius 3 is 2.77 bits per heavy atom. The molecule has 4 fully saturated rings. The lowest BCUT2D eigenvalue weighted by Gasteiger charge is -2.29. The van der Waals surface area contributed by atoms with Crippen molar-refractivity contribution in [3.05, 3.63) is 30.1 Å². The standard InChI is InChI=1S/C23H32N4O4/c28-21(25-18-3-4-18)10-17-14-27(13-16-2-1-5-24-12-16)19-15-31-20(23(17)19)11-22(29)26-6-8-30-9-7-26/h1-2,5,12,17-20,23H,3-4,6-11,13-15H2,(H,25,28)/t17-,19-,20+,23-/m1/s1. The van der Waals surface area contributed by atoms with Crippen molar-refractivity contribution in [3.63, 3.8) is 0 Å². The third-order valence-corrected chi connectivity index (χ3v) is 7.08. The van der Waals surface area contributed by atoms with Crippen LogP contribution in [0.25, 0.3) is 0 Å². The molecule has 3 saturated heterocycles. The summed E-state index contributed by atoms with van der Waals surface area (Å²) in [6, 6.07) is 4.65. The molecule has 2 amide bonds. The van der Waals surface area contributed by atoms with Crippen LogP contribution in [0.2, 0.25) is 0 Å². The van der Waals surface area contributed by atoms with E-state index in [1.807, 2.05) is 17.2 Å². The Labute approximate surface area is 183 Å². The van der Waals surface area contributed by atoms with Gasteiger partial charge in [-0.1, -0.05) is 6.07 Å². The van der Waals surface area contributed by atoms with Crippen LogP contribution in [0.5, 0.6) is 0 Å². The normalized spacial score (nSPS) is 30.9. The monoisotopic (exact) mass is 428 g/mol. The van der Waals surface area contributed by atoms with E-state index in [0.717, 1.165) is 31.5 Å². The van der Waals surface area contributed by atoms with Gasteiger partial charge in [0.05, 0.1) is 32.3 Å². The van der Waals surface area contributed by atoms with Gasteiger partial charge in [-0.3, -0.25) is 19.5 Å². The number of nitrogens with one attached hydrogen (secondary N) is 1. The third-order valence-electron chi connectivity index (χ3n) is 7.08. The first-order chi connectivity index (χ1) is 15.2. The number of rotatable bonds is 7. The summed E-state index contributed by atoms with van der Waals surface area (Å²) in [5.74, 6) is 0.678. The highest BCUT2D eigenvalue weighted by Crippen LogP contribution is 2.42. The molecular weight excluding hydrogens is 396 g/mol. The Bertz CT molecular complexity index is 781. The molecule has 1 aromatic heterocycles. The topological polar surface area (TPSA) is 84.0 Å². The lowest BCUT2D eigenvalue weighted by Crippen LogP contribution is -2.43. The lowest BCUT2D eigenvalue weighted by atomic mass is 9.84. The van der Waals surface area contributed by atoms with Crippen LogP contribution in [0.3, 0.4) is 0 Å². The summed E-state index contributed by atoms with van der Waals surface area (Å²) in [7, 11) is 0. The van der Waals surface area contributed by atoms with Gasteiger partial charge in [0.2, 0.25) is 11.8 Å². The van der Waals surface area contributed by atoms with Gasteiger partial charge < -0.3 is 19.7 Å². The van der Waals surface area contributed by atoms with Crippen LogP contribution in [0.1, 0.15) is 31.2 Å². The van der Waals surface area contributed by atoms with Crippen LogP contribution in [-0.2, 0) is 25.6 Å². The van der Waals surface area contributed by atoms with Gasteiger partial charge in [-0.05, 0) is 30.4 Å². The number of carbonyl (C=O) groups is 2. The first kappa shape index (κ1) is 20.8. The Morgan fingerprint density at radius 2 is 2.03 bits per heavy atom. The van der Waals surface area contributed by atoms with Crippen LogP contribution in [0.4, 0.5) is 0 Å². The quantitative estimate of drug-likeness (QED) is 0.692. The highest BCUT2D eigenvalue weighted by atomic mass is 16.5. The Kier molecular flexibility index (Phi) is 6.20. The minimum absolute atomic E-state index is 0.127. The van der Waals surface area contributed by atoms with Crippen LogP contribution >= 0.6 is 0 Å². The number of pyridine rings is 1. The molecule has 1 aliphatic carbocycles. The molecule has 5 rings (SSSR count). The lowest BCUT2D eigenvalue weighted by molar-refractivity contribution is -0.138. The number of likely N-dealkylation sites (tertiary alicyclic amines) is 1. The van der Waals surface area contributed by atoms with E-state index in [1.165, 1.54) is 0 Å². The zero-order valence-electron chi connectivity index (χ0n) is 17.9. The zero-order valence-corrected chi connectivity index (χ0v) is 17.9. The Hall–Kier alpha value is -2.03. The third kappa shape index (κ3) is 4.91. The molecule has 1 N–H and O–H groups in total. The summed E-state index contributed by atoms with van der Waals surface area (Å²) < 4.78 is 11.6. The second-order valence-electron chi connectivity index (χ2n) is 9.31. The molecule has 1 saturated carbocycles. The van der Waals surface area contributed by atoms with Gasteiger partial charge in [0.15, 0.2) is 0 Å². The molecule has 0 radical (unpaired) electrons. The van der Waals surface area contributed by atoms with Gasteiger partial charge in [-0.2, -0.15) is 0 Å². The van der Waals surface area contributed by atoms with Crippen LogP contribution in [-0.4, -0.2) is 84.2 Å². The van der Waals surface area contributed by atoms with Gasteiger partial charge in [0.1, 0.15) is 0 Å². The molecule has 0 aromatic carbocycles. The number of hydrogen-bond donors (Lipinski definition) is 1. The van der Waals surface area contributed by atoms with E-state index < -0.39 is 0 Å². The minimum atomic E-state index is -0.127. The molecule has 3 aliphatic heterocycles. The maximum atomic E-state index is 12.9. The van der Waals surface area contributed by atoms with E-state index in [1.54, 1.807) is 6.20 Å². The summed E-state index contributed by atoms with van der Waals surface area (Å²) >= 11 is 0. The number of hydrogen-bond acceptors (Lipinski definition) is 6. The molecule has 0 spiro atoms. The van der Waals surface area contributed by atoms with Crippen LogP contribution in [0.15, 0.2) is 24.5 Å². The molecule has 1 aromatic rings. The Morgan fingerprint density at radius 1 is 1.19 bits per heavy atom. The van der Waals surface area contributed by atoms with Crippen molar-refractivity contribution in [1.29, 1.82) is 0 Å². The maximum absolute atomic E-state index is 12.9. The second kappa shape index (κ2) is 9.22. The van der Waals surface area contributed by atoms with Crippen molar-refractivity contribution in [3.8, 4) is 0 Å². The highest BCUT2D eigenvalue weighted by molar-refractivity contribution is 5.78. The molecule has 31 heavy (non-hydrogen) atoms. The number of ether oxygens (including phenoxy) is 2. The van der Waals surface area contributed by atoms with Gasteiger partial charge in [-0.25, -0.2) is 0 Å². The molecule has 168 valence electrons. The minimum Gasteiger partial charge on any atom is -0.378 e. The van der Waals surface area contributed by atoms with Crippen molar-refractivity contribution >= 4 is 11.8 Å². The largest absolute Gasteiger partial charge is 0.378 e. The average Bonchev–Trinajstić information content (AvgIpc) is 3.40. The van der Waals surface area contributed by atoms with Crippen LogP contribution in [0, 0.1) is 11.8 Å². The van der Waals surface area contributed by atoms with E-state index in [-0.39, 0.29) is 35.8 Å². The first-order valence-corrected chi connectivity index (χ1v) is 11.6. The second-order valence-corrected chi connectivity index (χ2v) is 9.31. The van der Waals surface area contributed by atoms with Gasteiger partial charge in [0.25, 0.3) is 0 Å². The van der Waals surface area contributed by atoms with E-state index in [2.05, 4.69) is 21.3 Å². The summed E-state index contributed by atoms with van der Waals surface area (Å²) in [4.78, 5) is 34.1. The number of fused-ring (bicyclic) bond motifs is 1. The molecule has 0 bridgehead atoms. The molecule has 8 nitrogen and oxygen atoms in total. The van der Waals surface area contributed by atoms with Crippen molar-refractivity contribution in [1.82, 2.24) is 20.1 Å². The number of nitrogens with zero attached hydrogens (tertiary/aromatic N) is 3. The van der Waals surface area contributed by atoms with E-state index in [9.17, 15) is 9.59 Å². The van der Waals surface area contributed by atoms with Gasteiger partial charge in [0, 0.05) is 63.0 Å². The van der Waals surface area contributed by atoms with Gasteiger partial charge in [-0.15, -0.1) is 0 Å². The fourth-order valence-electron chi connectivity index (χ4n) is 5.39. The summed E-state index contributed by atoms with van der Waals surface area (Å²) in [5, 5.41) is 3.14. The predicted molar refractivity (Wildman–Crippen MR) is 113 cm³/mol. The van der Waals surface area contributed by atoms with Crippen molar-refractivity contribution in [2.45, 2.75) is 50.4 Å². The molecule has 4 aliphatic rings. The number of aromatic nitrogens is 1. The zero-order chi connectivity index (χ0) is 21.2. The molecule has 4 atom stereocenters. The number of morpholine rings is 1. The molecule has 0 unspecified atom stereocenters. The highest BCUT2D eigenvalue weighted by Gasteiger charge is 2.51. The fraction of sp³-hybridized carbons (Fsp3) is 0.696. The van der Waals surface area contributed by atoms with Crippen molar-refractivity contribution in [2.75, 3.05) is 39.5 Å². The van der Waals surface area contributed by atoms with Crippen LogP contribution < -0.4 is 5.32 Å². The van der Waals surface area contributed by atoms with E-state index in [4.69, 9.17) is 9.47 Å². The van der Waals surface area contributed by atoms with Gasteiger partial charge >= 0.3 is 0 Å². The summed E-state index contributed by atoms with van der Waals surface area (Å²) in [6.45, 7) is 4.78. The number of carbonyl (C=O) groups excluding carboxylic acids is 2. The molecule has 4 heterocycles. The molecular formula is C23H32N4O4. The van der Waals surface area contributed by atoms with Crippen molar-refractivity contribution < 1.29 is 19.1 Å². The summed E-state index contributed by atoms with van der Waals surface area (Å²) in [6.07, 6.45) is 6.64. The van der Waals surface area contributed by atoms with E-state index in [0.29, 0.717) is 51.8 Å². The Balaban J connectivity index is 1.28. The average molecular weight is 429 g/mol.